The summed E-state index contributed by atoms with van der Waals surface area (Å²) in [5, 5.41) is 3.47. The van der Waals surface area contributed by atoms with Crippen LogP contribution >= 0.6 is 0 Å². The standard InChI is InChI=1S/C30H45NO/c1-2-3-4-5-6-7-8-9-10-11-12-13-14-15-16-17-20-26-23-24-28-30(25-26)32-29-22-19-18-21-27(29)31-28/h18-19,21-25,31H,2-17,20H2,1H3. The largest absolute Gasteiger partial charge is 0.453 e. The van der Waals surface area contributed by atoms with Crippen LogP contribution in [0.1, 0.15) is 115 Å². The molecule has 0 unspecified atom stereocenters. The Hall–Kier alpha value is -1.96. The van der Waals surface area contributed by atoms with E-state index in [1.807, 2.05) is 18.2 Å². The lowest BCUT2D eigenvalue weighted by atomic mass is 10.0. The summed E-state index contributed by atoms with van der Waals surface area (Å²) in [5.41, 5.74) is 3.50. The van der Waals surface area contributed by atoms with Crippen LogP contribution in [0.5, 0.6) is 11.5 Å². The molecule has 1 aliphatic heterocycles. The number of rotatable bonds is 17. The molecular formula is C30H45NO. The van der Waals surface area contributed by atoms with Crippen LogP contribution in [-0.4, -0.2) is 0 Å². The number of ether oxygens (including phenoxy) is 1. The summed E-state index contributed by atoms with van der Waals surface area (Å²) >= 11 is 0. The van der Waals surface area contributed by atoms with E-state index < -0.39 is 0 Å². The third-order valence-electron chi connectivity index (χ3n) is 6.74. The molecule has 2 aromatic carbocycles. The predicted octanol–water partition coefficient (Wildman–Crippen LogP) is 10.3. The van der Waals surface area contributed by atoms with E-state index in [4.69, 9.17) is 4.74 Å². The molecule has 0 amide bonds. The second-order valence-electron chi connectivity index (χ2n) is 9.61. The zero-order valence-electron chi connectivity index (χ0n) is 20.5. The minimum absolute atomic E-state index is 0.916. The molecule has 1 aliphatic rings. The fourth-order valence-electron chi connectivity index (χ4n) is 4.71. The van der Waals surface area contributed by atoms with Crippen molar-refractivity contribution in [2.24, 2.45) is 0 Å². The van der Waals surface area contributed by atoms with Crippen molar-refractivity contribution in [3.8, 4) is 11.5 Å². The van der Waals surface area contributed by atoms with Gasteiger partial charge in [0.15, 0.2) is 11.5 Å². The zero-order valence-corrected chi connectivity index (χ0v) is 20.5. The van der Waals surface area contributed by atoms with Crippen molar-refractivity contribution in [3.05, 3.63) is 48.0 Å². The molecule has 0 spiro atoms. The second-order valence-corrected chi connectivity index (χ2v) is 9.61. The summed E-state index contributed by atoms with van der Waals surface area (Å²) in [6, 6.07) is 14.7. The number of unbranched alkanes of at least 4 members (excludes halogenated alkanes) is 15. The highest BCUT2D eigenvalue weighted by molar-refractivity contribution is 5.75. The molecule has 0 aromatic heterocycles. The highest BCUT2D eigenvalue weighted by atomic mass is 16.5. The average molecular weight is 436 g/mol. The number of nitrogens with one attached hydrogen (secondary N) is 1. The number of aryl methyl sites for hydroxylation is 1. The van der Waals surface area contributed by atoms with E-state index in [0.29, 0.717) is 0 Å². The van der Waals surface area contributed by atoms with Gasteiger partial charge in [0.05, 0.1) is 11.4 Å². The van der Waals surface area contributed by atoms with E-state index in [9.17, 15) is 0 Å². The maximum absolute atomic E-state index is 6.09. The average Bonchev–Trinajstić information content (AvgIpc) is 2.82. The Morgan fingerprint density at radius 2 is 1.09 bits per heavy atom. The molecule has 0 bridgehead atoms. The quantitative estimate of drug-likeness (QED) is 0.213. The van der Waals surface area contributed by atoms with Crippen LogP contribution in [0.2, 0.25) is 0 Å². The van der Waals surface area contributed by atoms with Crippen LogP contribution in [0.3, 0.4) is 0 Å². The molecule has 3 rings (SSSR count). The minimum Gasteiger partial charge on any atom is -0.453 e. The Bertz CT molecular complexity index is 769. The lowest BCUT2D eigenvalue weighted by molar-refractivity contribution is 0.480. The van der Waals surface area contributed by atoms with E-state index in [1.165, 1.54) is 108 Å². The van der Waals surface area contributed by atoms with Crippen molar-refractivity contribution < 1.29 is 4.74 Å². The number of hydrogen-bond donors (Lipinski definition) is 1. The van der Waals surface area contributed by atoms with Crippen LogP contribution in [0.15, 0.2) is 42.5 Å². The summed E-state index contributed by atoms with van der Waals surface area (Å²) in [7, 11) is 0. The third kappa shape index (κ3) is 8.88. The van der Waals surface area contributed by atoms with Gasteiger partial charge >= 0.3 is 0 Å². The smallest absolute Gasteiger partial charge is 0.151 e. The Morgan fingerprint density at radius 1 is 0.562 bits per heavy atom. The zero-order chi connectivity index (χ0) is 22.3. The van der Waals surface area contributed by atoms with E-state index >= 15 is 0 Å². The van der Waals surface area contributed by atoms with Crippen molar-refractivity contribution in [3.63, 3.8) is 0 Å². The molecule has 32 heavy (non-hydrogen) atoms. The van der Waals surface area contributed by atoms with Crippen molar-refractivity contribution in [2.45, 2.75) is 116 Å². The summed E-state index contributed by atoms with van der Waals surface area (Å²) in [6.07, 6.45) is 23.9. The van der Waals surface area contributed by atoms with Gasteiger partial charge in [0.1, 0.15) is 0 Å². The molecule has 0 radical (unpaired) electrons. The SMILES string of the molecule is CCCCCCCCCCCCCCCCCCc1ccc2c(c1)Oc1ccccc1N2. The van der Waals surface area contributed by atoms with Gasteiger partial charge in [-0.25, -0.2) is 0 Å². The number of para-hydroxylation sites is 2. The fourth-order valence-corrected chi connectivity index (χ4v) is 4.71. The number of hydrogen-bond acceptors (Lipinski definition) is 2. The van der Waals surface area contributed by atoms with Crippen molar-refractivity contribution in [2.75, 3.05) is 5.32 Å². The summed E-state index contributed by atoms with van der Waals surface area (Å²) < 4.78 is 6.09. The lowest BCUT2D eigenvalue weighted by Gasteiger charge is -2.22. The molecule has 0 atom stereocenters. The van der Waals surface area contributed by atoms with Crippen LogP contribution in [0.25, 0.3) is 0 Å². The number of fused-ring (bicyclic) bond motifs is 2. The van der Waals surface area contributed by atoms with Crippen LogP contribution in [0.4, 0.5) is 11.4 Å². The minimum atomic E-state index is 0.916. The maximum Gasteiger partial charge on any atom is 0.151 e. The summed E-state index contributed by atoms with van der Waals surface area (Å²) in [6.45, 7) is 2.29. The Balaban J connectivity index is 1.15. The van der Waals surface area contributed by atoms with Crippen LogP contribution < -0.4 is 10.1 Å². The topological polar surface area (TPSA) is 21.3 Å². The van der Waals surface area contributed by atoms with Crippen molar-refractivity contribution in [1.29, 1.82) is 0 Å². The van der Waals surface area contributed by atoms with Gasteiger partial charge in [-0.15, -0.1) is 0 Å². The molecule has 2 heteroatoms. The van der Waals surface area contributed by atoms with Crippen LogP contribution in [0, 0.1) is 0 Å². The number of benzene rings is 2. The van der Waals surface area contributed by atoms with Gasteiger partial charge < -0.3 is 10.1 Å². The molecule has 176 valence electrons. The van der Waals surface area contributed by atoms with Gasteiger partial charge in [-0.05, 0) is 42.7 Å². The monoisotopic (exact) mass is 435 g/mol. The molecular weight excluding hydrogens is 390 g/mol. The van der Waals surface area contributed by atoms with Crippen LogP contribution in [-0.2, 0) is 6.42 Å². The Labute approximate surface area is 197 Å². The first-order valence-corrected chi connectivity index (χ1v) is 13.5. The maximum atomic E-state index is 6.09. The lowest BCUT2D eigenvalue weighted by Crippen LogP contribution is -2.03. The molecule has 0 aliphatic carbocycles. The van der Waals surface area contributed by atoms with Gasteiger partial charge in [0.25, 0.3) is 0 Å². The summed E-state index contributed by atoms with van der Waals surface area (Å²) in [4.78, 5) is 0. The first kappa shape index (κ1) is 24.7. The second kappa shape index (κ2) is 15.0. The van der Waals surface area contributed by atoms with Crippen molar-refractivity contribution >= 4 is 11.4 Å². The third-order valence-corrected chi connectivity index (χ3v) is 6.74. The van der Waals surface area contributed by atoms with E-state index in [1.54, 1.807) is 0 Å². The molecule has 1 heterocycles. The summed E-state index contributed by atoms with van der Waals surface area (Å²) in [5.74, 6) is 1.87. The molecule has 0 saturated heterocycles. The van der Waals surface area contributed by atoms with E-state index in [2.05, 4.69) is 36.5 Å². The van der Waals surface area contributed by atoms with Gasteiger partial charge in [0, 0.05) is 0 Å². The molecule has 2 aromatic rings. The fraction of sp³-hybridized carbons (Fsp3) is 0.600. The van der Waals surface area contributed by atoms with Gasteiger partial charge in [-0.2, -0.15) is 0 Å². The Morgan fingerprint density at radius 3 is 1.72 bits per heavy atom. The molecule has 0 saturated carbocycles. The van der Waals surface area contributed by atoms with Gasteiger partial charge in [0.2, 0.25) is 0 Å². The first-order chi connectivity index (χ1) is 15.9. The predicted molar refractivity (Wildman–Crippen MR) is 139 cm³/mol. The van der Waals surface area contributed by atoms with E-state index in [-0.39, 0.29) is 0 Å². The normalized spacial score (nSPS) is 12.0. The molecule has 1 N–H and O–H groups in total. The van der Waals surface area contributed by atoms with Crippen molar-refractivity contribution in [1.82, 2.24) is 0 Å². The van der Waals surface area contributed by atoms with Gasteiger partial charge in [-0.3, -0.25) is 0 Å². The first-order valence-electron chi connectivity index (χ1n) is 13.5. The molecule has 0 fully saturated rings. The van der Waals surface area contributed by atoms with E-state index in [0.717, 1.165) is 29.3 Å². The van der Waals surface area contributed by atoms with Gasteiger partial charge in [-0.1, -0.05) is 121 Å². The highest BCUT2D eigenvalue weighted by Gasteiger charge is 2.15. The highest BCUT2D eigenvalue weighted by Crippen LogP contribution is 2.42. The molecule has 2 nitrogen and oxygen atoms in total. The Kier molecular flexibility index (Phi) is 11.6. The number of anilines is 2.